The van der Waals surface area contributed by atoms with E-state index in [-0.39, 0.29) is 11.6 Å². The Morgan fingerprint density at radius 1 is 1.14 bits per heavy atom. The van der Waals surface area contributed by atoms with E-state index in [2.05, 4.69) is 20.9 Å². The summed E-state index contributed by atoms with van der Waals surface area (Å²) in [5, 5.41) is 1.62. The van der Waals surface area contributed by atoms with Crippen LogP contribution in [0.25, 0.3) is 10.9 Å². The Kier molecular flexibility index (Phi) is 3.88. The Balaban J connectivity index is 2.09. The Morgan fingerprint density at radius 2 is 1.95 bits per heavy atom. The lowest BCUT2D eigenvalue weighted by molar-refractivity contribution is 0.424. The number of nitrogens with zero attached hydrogens (tertiary/aromatic N) is 1. The molecule has 0 N–H and O–H groups in total. The predicted octanol–water partition coefficient (Wildman–Crippen LogP) is 5.37. The van der Waals surface area contributed by atoms with Crippen LogP contribution in [-0.4, -0.2) is 4.98 Å². The fourth-order valence-electron chi connectivity index (χ4n) is 2.13. The van der Waals surface area contributed by atoms with Gasteiger partial charge in [-0.05, 0) is 30.7 Å². The number of rotatable bonds is 3. The monoisotopic (exact) mass is 345 g/mol. The van der Waals surface area contributed by atoms with Gasteiger partial charge in [-0.25, -0.2) is 9.37 Å². The van der Waals surface area contributed by atoms with Gasteiger partial charge in [-0.15, -0.1) is 0 Å². The number of halogens is 2. The van der Waals surface area contributed by atoms with Crippen LogP contribution in [0.2, 0.25) is 0 Å². The van der Waals surface area contributed by atoms with Gasteiger partial charge in [-0.3, -0.25) is 0 Å². The van der Waals surface area contributed by atoms with E-state index >= 15 is 0 Å². The first-order chi connectivity index (χ1) is 10.2. The molecule has 3 aromatic rings. The SMILES string of the molecule is Cc1cccc(Oc2nc3ccccc3cc2CBr)c1F. The third-order valence-electron chi connectivity index (χ3n) is 3.27. The summed E-state index contributed by atoms with van der Waals surface area (Å²) < 4.78 is 19.8. The molecular weight excluding hydrogens is 333 g/mol. The van der Waals surface area contributed by atoms with Crippen molar-refractivity contribution in [2.45, 2.75) is 12.3 Å². The lowest BCUT2D eigenvalue weighted by Gasteiger charge is -2.11. The molecule has 0 bridgehead atoms. The molecule has 3 rings (SSSR count). The summed E-state index contributed by atoms with van der Waals surface area (Å²) in [4.78, 5) is 4.49. The molecule has 0 radical (unpaired) electrons. The quantitative estimate of drug-likeness (QED) is 0.595. The Bertz CT molecular complexity index is 804. The highest BCUT2D eigenvalue weighted by atomic mass is 79.9. The van der Waals surface area contributed by atoms with Crippen molar-refractivity contribution in [1.82, 2.24) is 4.98 Å². The van der Waals surface area contributed by atoms with E-state index in [0.717, 1.165) is 16.5 Å². The third-order valence-corrected chi connectivity index (χ3v) is 3.87. The summed E-state index contributed by atoms with van der Waals surface area (Å²) in [5.41, 5.74) is 2.26. The van der Waals surface area contributed by atoms with Crippen LogP contribution < -0.4 is 4.74 Å². The van der Waals surface area contributed by atoms with E-state index in [4.69, 9.17) is 4.74 Å². The second kappa shape index (κ2) is 5.82. The molecule has 106 valence electrons. The van der Waals surface area contributed by atoms with Gasteiger partial charge in [0, 0.05) is 16.3 Å². The zero-order chi connectivity index (χ0) is 14.8. The molecule has 0 aliphatic rings. The molecule has 21 heavy (non-hydrogen) atoms. The molecule has 0 fully saturated rings. The average Bonchev–Trinajstić information content (AvgIpc) is 2.51. The number of benzene rings is 2. The molecule has 0 saturated heterocycles. The van der Waals surface area contributed by atoms with Crippen LogP contribution in [0.5, 0.6) is 11.6 Å². The van der Waals surface area contributed by atoms with Crippen molar-refractivity contribution in [2.75, 3.05) is 0 Å². The van der Waals surface area contributed by atoms with Crippen LogP contribution in [0.15, 0.2) is 48.5 Å². The summed E-state index contributed by atoms with van der Waals surface area (Å²) in [6.45, 7) is 1.71. The molecule has 0 amide bonds. The summed E-state index contributed by atoms with van der Waals surface area (Å²) in [7, 11) is 0. The minimum absolute atomic E-state index is 0.194. The molecule has 2 nitrogen and oxygen atoms in total. The van der Waals surface area contributed by atoms with Gasteiger partial charge in [0.25, 0.3) is 0 Å². The van der Waals surface area contributed by atoms with Gasteiger partial charge in [0.05, 0.1) is 5.52 Å². The minimum atomic E-state index is -0.354. The summed E-state index contributed by atoms with van der Waals surface area (Å²) >= 11 is 3.43. The van der Waals surface area contributed by atoms with Gasteiger partial charge < -0.3 is 4.74 Å². The number of hydrogen-bond acceptors (Lipinski definition) is 2. The first-order valence-electron chi connectivity index (χ1n) is 6.56. The Labute approximate surface area is 130 Å². The number of pyridine rings is 1. The molecule has 0 unspecified atom stereocenters. The van der Waals surface area contributed by atoms with E-state index < -0.39 is 0 Å². The lowest BCUT2D eigenvalue weighted by Crippen LogP contribution is -1.97. The second-order valence-electron chi connectivity index (χ2n) is 4.77. The first-order valence-corrected chi connectivity index (χ1v) is 7.69. The maximum absolute atomic E-state index is 14.1. The fourth-order valence-corrected chi connectivity index (χ4v) is 2.53. The third kappa shape index (κ3) is 2.76. The minimum Gasteiger partial charge on any atom is -0.436 e. The van der Waals surface area contributed by atoms with Crippen molar-refractivity contribution in [2.24, 2.45) is 0 Å². The number of aryl methyl sites for hydroxylation is 1. The standard InChI is InChI=1S/C17H13BrFNO/c1-11-5-4-8-15(16(11)19)21-17-13(10-18)9-12-6-2-3-7-14(12)20-17/h2-9H,10H2,1H3. The summed E-state index contributed by atoms with van der Waals surface area (Å²) in [5.74, 6) is 0.267. The van der Waals surface area contributed by atoms with Crippen LogP contribution >= 0.6 is 15.9 Å². The zero-order valence-electron chi connectivity index (χ0n) is 11.4. The highest BCUT2D eigenvalue weighted by molar-refractivity contribution is 9.08. The molecule has 2 aromatic carbocycles. The van der Waals surface area contributed by atoms with E-state index in [0.29, 0.717) is 16.8 Å². The van der Waals surface area contributed by atoms with E-state index in [1.54, 1.807) is 25.1 Å². The van der Waals surface area contributed by atoms with E-state index in [1.165, 1.54) is 0 Å². The maximum atomic E-state index is 14.1. The topological polar surface area (TPSA) is 22.1 Å². The number of alkyl halides is 1. The van der Waals surface area contributed by atoms with Crippen LogP contribution in [0.4, 0.5) is 4.39 Å². The molecular formula is C17H13BrFNO. The number of hydrogen-bond donors (Lipinski definition) is 0. The van der Waals surface area contributed by atoms with Crippen LogP contribution in [-0.2, 0) is 5.33 Å². The highest BCUT2D eigenvalue weighted by Crippen LogP contribution is 2.30. The number of ether oxygens (including phenoxy) is 1. The van der Waals surface area contributed by atoms with Gasteiger partial charge >= 0.3 is 0 Å². The molecule has 0 aliphatic carbocycles. The molecule has 0 aliphatic heterocycles. The zero-order valence-corrected chi connectivity index (χ0v) is 13.0. The Hall–Kier alpha value is -1.94. The van der Waals surface area contributed by atoms with E-state index in [1.807, 2.05) is 30.3 Å². The van der Waals surface area contributed by atoms with Crippen molar-refractivity contribution >= 4 is 26.8 Å². The molecule has 1 aromatic heterocycles. The molecule has 4 heteroatoms. The van der Waals surface area contributed by atoms with Crippen LogP contribution in [0, 0.1) is 12.7 Å². The normalized spacial score (nSPS) is 10.8. The largest absolute Gasteiger partial charge is 0.436 e. The van der Waals surface area contributed by atoms with Gasteiger partial charge in [0.1, 0.15) is 0 Å². The van der Waals surface area contributed by atoms with Gasteiger partial charge in [-0.1, -0.05) is 46.3 Å². The molecule has 0 saturated carbocycles. The molecule has 0 spiro atoms. The Morgan fingerprint density at radius 3 is 2.76 bits per heavy atom. The number of aromatic nitrogens is 1. The molecule has 0 atom stereocenters. The van der Waals surface area contributed by atoms with Crippen molar-refractivity contribution in [3.8, 4) is 11.6 Å². The van der Waals surface area contributed by atoms with Crippen molar-refractivity contribution in [3.05, 3.63) is 65.5 Å². The van der Waals surface area contributed by atoms with Crippen LogP contribution in [0.1, 0.15) is 11.1 Å². The van der Waals surface area contributed by atoms with Crippen LogP contribution in [0.3, 0.4) is 0 Å². The summed E-state index contributed by atoms with van der Waals surface area (Å²) in [6.07, 6.45) is 0. The van der Waals surface area contributed by atoms with Crippen molar-refractivity contribution < 1.29 is 9.13 Å². The lowest BCUT2D eigenvalue weighted by atomic mass is 10.1. The molecule has 1 heterocycles. The summed E-state index contributed by atoms with van der Waals surface area (Å²) in [6, 6.07) is 14.9. The van der Waals surface area contributed by atoms with Gasteiger partial charge in [0.15, 0.2) is 11.6 Å². The van der Waals surface area contributed by atoms with E-state index in [9.17, 15) is 4.39 Å². The smallest absolute Gasteiger partial charge is 0.224 e. The maximum Gasteiger partial charge on any atom is 0.224 e. The first kappa shape index (κ1) is 14.0. The van der Waals surface area contributed by atoms with Gasteiger partial charge in [0.2, 0.25) is 5.88 Å². The predicted molar refractivity (Wildman–Crippen MR) is 85.6 cm³/mol. The van der Waals surface area contributed by atoms with Crippen molar-refractivity contribution in [3.63, 3.8) is 0 Å². The number of para-hydroxylation sites is 1. The second-order valence-corrected chi connectivity index (χ2v) is 5.33. The number of fused-ring (bicyclic) bond motifs is 1. The van der Waals surface area contributed by atoms with Crippen molar-refractivity contribution in [1.29, 1.82) is 0 Å². The van der Waals surface area contributed by atoms with Gasteiger partial charge in [-0.2, -0.15) is 0 Å². The average molecular weight is 346 g/mol. The fraction of sp³-hybridized carbons (Fsp3) is 0.118. The highest BCUT2D eigenvalue weighted by Gasteiger charge is 2.12.